The highest BCUT2D eigenvalue weighted by atomic mass is 19.1. The van der Waals surface area contributed by atoms with Crippen LogP contribution in [0, 0.1) is 17.1 Å². The number of nitrogens with one attached hydrogen (secondary N) is 1. The summed E-state index contributed by atoms with van der Waals surface area (Å²) in [6.45, 7) is 2.92. The lowest BCUT2D eigenvalue weighted by atomic mass is 10.1. The van der Waals surface area contributed by atoms with Gasteiger partial charge in [0.05, 0.1) is 11.3 Å². The predicted octanol–water partition coefficient (Wildman–Crippen LogP) is 2.73. The number of para-hydroxylation sites is 1. The van der Waals surface area contributed by atoms with Crippen molar-refractivity contribution in [3.63, 3.8) is 0 Å². The van der Waals surface area contributed by atoms with Gasteiger partial charge in [-0.2, -0.15) is 5.26 Å². The Morgan fingerprint density at radius 2 is 1.76 bits per heavy atom. The molecule has 6 heteroatoms. The summed E-state index contributed by atoms with van der Waals surface area (Å²) in [5, 5.41) is 12.1. The normalized spacial score (nSPS) is 14.1. The Balaban J connectivity index is 1.52. The number of carbonyl (C=O) groups is 1. The van der Waals surface area contributed by atoms with Crippen LogP contribution in [0.5, 0.6) is 0 Å². The third-order valence-electron chi connectivity index (χ3n) is 4.29. The smallest absolute Gasteiger partial charge is 0.317 e. The van der Waals surface area contributed by atoms with Gasteiger partial charge >= 0.3 is 6.03 Å². The number of nitrogens with zero attached hydrogens (tertiary/aromatic N) is 3. The van der Waals surface area contributed by atoms with Gasteiger partial charge in [0.2, 0.25) is 0 Å². The van der Waals surface area contributed by atoms with Gasteiger partial charge in [0.25, 0.3) is 0 Å². The third-order valence-corrected chi connectivity index (χ3v) is 4.29. The summed E-state index contributed by atoms with van der Waals surface area (Å²) in [5.41, 5.74) is 2.42. The van der Waals surface area contributed by atoms with Crippen LogP contribution in [-0.4, -0.2) is 37.1 Å². The van der Waals surface area contributed by atoms with Gasteiger partial charge in [-0.25, -0.2) is 9.18 Å². The first kappa shape index (κ1) is 16.8. The van der Waals surface area contributed by atoms with E-state index in [1.54, 1.807) is 23.1 Å². The van der Waals surface area contributed by atoms with Crippen molar-refractivity contribution in [3.8, 4) is 6.07 Å². The van der Waals surface area contributed by atoms with Gasteiger partial charge in [-0.15, -0.1) is 0 Å². The average molecular weight is 338 g/mol. The van der Waals surface area contributed by atoms with Crippen molar-refractivity contribution in [3.05, 3.63) is 65.5 Å². The zero-order valence-electron chi connectivity index (χ0n) is 13.8. The Kier molecular flexibility index (Phi) is 5.14. The summed E-state index contributed by atoms with van der Waals surface area (Å²) >= 11 is 0. The van der Waals surface area contributed by atoms with E-state index >= 15 is 0 Å². The molecule has 25 heavy (non-hydrogen) atoms. The van der Waals surface area contributed by atoms with Crippen LogP contribution >= 0.6 is 0 Å². The quantitative estimate of drug-likeness (QED) is 0.936. The lowest BCUT2D eigenvalue weighted by Gasteiger charge is -2.36. The fourth-order valence-corrected chi connectivity index (χ4v) is 2.89. The van der Waals surface area contributed by atoms with Crippen LogP contribution in [-0.2, 0) is 6.54 Å². The highest BCUT2D eigenvalue weighted by Gasteiger charge is 2.22. The molecule has 0 unspecified atom stereocenters. The van der Waals surface area contributed by atoms with E-state index in [0.29, 0.717) is 38.3 Å². The Morgan fingerprint density at radius 3 is 2.44 bits per heavy atom. The fraction of sp³-hybridized carbons (Fsp3) is 0.263. The molecule has 3 rings (SSSR count). The molecule has 0 atom stereocenters. The Hall–Kier alpha value is -3.07. The number of rotatable bonds is 3. The summed E-state index contributed by atoms with van der Waals surface area (Å²) < 4.78 is 12.9. The largest absolute Gasteiger partial charge is 0.367 e. The fourth-order valence-electron chi connectivity index (χ4n) is 2.89. The molecule has 1 saturated heterocycles. The number of piperazine rings is 1. The molecule has 0 bridgehead atoms. The molecule has 1 aliphatic rings. The minimum atomic E-state index is -0.288. The maximum atomic E-state index is 12.9. The number of anilines is 1. The Labute approximate surface area is 146 Å². The minimum Gasteiger partial charge on any atom is -0.367 e. The van der Waals surface area contributed by atoms with Crippen LogP contribution in [0.2, 0.25) is 0 Å². The second kappa shape index (κ2) is 7.67. The number of amides is 2. The number of nitriles is 1. The van der Waals surface area contributed by atoms with Gasteiger partial charge in [0.1, 0.15) is 11.9 Å². The van der Waals surface area contributed by atoms with Crippen LogP contribution in [0.25, 0.3) is 0 Å². The molecule has 0 saturated carbocycles. The predicted molar refractivity (Wildman–Crippen MR) is 93.6 cm³/mol. The van der Waals surface area contributed by atoms with Crippen molar-refractivity contribution in [2.24, 2.45) is 0 Å². The SMILES string of the molecule is N#Cc1ccccc1N1CCN(C(=O)NCc2ccc(F)cc2)CC1. The van der Waals surface area contributed by atoms with Crippen molar-refractivity contribution < 1.29 is 9.18 Å². The number of benzene rings is 2. The Bertz CT molecular complexity index is 777. The lowest BCUT2D eigenvalue weighted by molar-refractivity contribution is 0.194. The number of halogens is 1. The molecule has 0 aromatic heterocycles. The molecule has 2 aromatic carbocycles. The summed E-state index contributed by atoms with van der Waals surface area (Å²) in [5.74, 6) is -0.288. The van der Waals surface area contributed by atoms with Gasteiger partial charge in [-0.1, -0.05) is 24.3 Å². The number of hydrogen-bond acceptors (Lipinski definition) is 3. The summed E-state index contributed by atoms with van der Waals surface area (Å²) in [4.78, 5) is 16.2. The van der Waals surface area contributed by atoms with E-state index in [9.17, 15) is 14.4 Å². The molecule has 0 spiro atoms. The third kappa shape index (κ3) is 4.07. The highest BCUT2D eigenvalue weighted by molar-refractivity contribution is 5.74. The first-order chi connectivity index (χ1) is 12.2. The van der Waals surface area contributed by atoms with Crippen molar-refractivity contribution in [1.29, 1.82) is 5.26 Å². The summed E-state index contributed by atoms with van der Waals surface area (Å²) in [6.07, 6.45) is 0. The number of urea groups is 1. The minimum absolute atomic E-state index is 0.127. The van der Waals surface area contributed by atoms with Crippen molar-refractivity contribution in [1.82, 2.24) is 10.2 Å². The summed E-state index contributed by atoms with van der Waals surface area (Å²) in [6, 6.07) is 15.7. The first-order valence-corrected chi connectivity index (χ1v) is 8.18. The monoisotopic (exact) mass is 338 g/mol. The van der Waals surface area contributed by atoms with Crippen molar-refractivity contribution in [2.75, 3.05) is 31.1 Å². The first-order valence-electron chi connectivity index (χ1n) is 8.18. The molecule has 128 valence electrons. The van der Waals surface area contributed by atoms with E-state index in [1.807, 2.05) is 18.2 Å². The van der Waals surface area contributed by atoms with Crippen LogP contribution in [0.4, 0.5) is 14.9 Å². The molecule has 2 aromatic rings. The zero-order chi connectivity index (χ0) is 17.6. The van der Waals surface area contributed by atoms with E-state index in [-0.39, 0.29) is 11.8 Å². The maximum Gasteiger partial charge on any atom is 0.317 e. The second-order valence-corrected chi connectivity index (χ2v) is 5.89. The average Bonchev–Trinajstić information content (AvgIpc) is 2.67. The molecule has 1 heterocycles. The van der Waals surface area contributed by atoms with Crippen molar-refractivity contribution in [2.45, 2.75) is 6.54 Å². The van der Waals surface area contributed by atoms with Crippen LogP contribution in [0.3, 0.4) is 0 Å². The van der Waals surface area contributed by atoms with E-state index in [4.69, 9.17) is 0 Å². The Morgan fingerprint density at radius 1 is 1.08 bits per heavy atom. The molecule has 1 aliphatic heterocycles. The van der Waals surface area contributed by atoms with Gasteiger partial charge in [-0.3, -0.25) is 0 Å². The highest BCUT2D eigenvalue weighted by Crippen LogP contribution is 2.21. The number of carbonyl (C=O) groups excluding carboxylic acids is 1. The van der Waals surface area contributed by atoms with Crippen LogP contribution in [0.15, 0.2) is 48.5 Å². The van der Waals surface area contributed by atoms with Gasteiger partial charge in [-0.05, 0) is 29.8 Å². The molecular weight excluding hydrogens is 319 g/mol. The molecule has 0 aliphatic carbocycles. The van der Waals surface area contributed by atoms with E-state index in [1.165, 1.54) is 12.1 Å². The molecule has 1 N–H and O–H groups in total. The van der Waals surface area contributed by atoms with E-state index < -0.39 is 0 Å². The molecule has 0 radical (unpaired) electrons. The van der Waals surface area contributed by atoms with Gasteiger partial charge < -0.3 is 15.1 Å². The van der Waals surface area contributed by atoms with Crippen molar-refractivity contribution >= 4 is 11.7 Å². The standard InChI is InChI=1S/C19H19FN4O/c20-17-7-5-15(6-8-17)14-22-19(25)24-11-9-23(10-12-24)18-4-2-1-3-16(18)13-21/h1-8H,9-12,14H2,(H,22,25). The van der Waals surface area contributed by atoms with E-state index in [0.717, 1.165) is 11.3 Å². The van der Waals surface area contributed by atoms with E-state index in [2.05, 4.69) is 16.3 Å². The lowest BCUT2D eigenvalue weighted by Crippen LogP contribution is -2.51. The second-order valence-electron chi connectivity index (χ2n) is 5.89. The van der Waals surface area contributed by atoms with Crippen LogP contribution in [0.1, 0.15) is 11.1 Å². The molecule has 1 fully saturated rings. The topological polar surface area (TPSA) is 59.4 Å². The van der Waals surface area contributed by atoms with Gasteiger partial charge in [0, 0.05) is 32.7 Å². The van der Waals surface area contributed by atoms with Gasteiger partial charge in [0.15, 0.2) is 0 Å². The molecule has 5 nitrogen and oxygen atoms in total. The number of hydrogen-bond donors (Lipinski definition) is 1. The van der Waals surface area contributed by atoms with Crippen LogP contribution < -0.4 is 10.2 Å². The zero-order valence-corrected chi connectivity index (χ0v) is 13.8. The molecule has 2 amide bonds. The summed E-state index contributed by atoms with van der Waals surface area (Å²) in [7, 11) is 0. The maximum absolute atomic E-state index is 12.9. The molecular formula is C19H19FN4O.